The number of nitro groups is 1. The standard InChI is InChI=1S/C24H17N3O4S/c28-23(14-9-17-5-4-6-19(15-17)27(29)30)26-24-25-22(16-32-24)18-10-12-21(13-11-18)31-20-7-2-1-3-8-20/h1-16H,(H,25,26,28). The van der Waals surface area contributed by atoms with Crippen molar-refractivity contribution in [1.29, 1.82) is 0 Å². The summed E-state index contributed by atoms with van der Waals surface area (Å²) in [6.07, 6.45) is 2.83. The van der Waals surface area contributed by atoms with Crippen molar-refractivity contribution < 1.29 is 14.5 Å². The molecule has 0 spiro atoms. The number of anilines is 1. The van der Waals surface area contributed by atoms with Crippen LogP contribution in [-0.2, 0) is 4.79 Å². The van der Waals surface area contributed by atoms with E-state index in [-0.39, 0.29) is 11.6 Å². The van der Waals surface area contributed by atoms with Gasteiger partial charge in [-0.05, 0) is 48.0 Å². The number of nitrogens with one attached hydrogen (secondary N) is 1. The Labute approximate surface area is 187 Å². The zero-order valence-corrected chi connectivity index (χ0v) is 17.5. The van der Waals surface area contributed by atoms with E-state index < -0.39 is 4.92 Å². The Kier molecular flexibility index (Phi) is 6.33. The molecule has 3 aromatic carbocycles. The van der Waals surface area contributed by atoms with Crippen molar-refractivity contribution in [3.05, 3.63) is 106 Å². The molecule has 0 aliphatic carbocycles. The fraction of sp³-hybridized carbons (Fsp3) is 0. The fourth-order valence-electron chi connectivity index (χ4n) is 2.84. The lowest BCUT2D eigenvalue weighted by Crippen LogP contribution is -2.07. The first kappa shape index (κ1) is 21.0. The molecule has 8 heteroatoms. The third-order valence-corrected chi connectivity index (χ3v) is 5.13. The highest BCUT2D eigenvalue weighted by Gasteiger charge is 2.08. The molecule has 158 valence electrons. The molecule has 0 atom stereocenters. The number of hydrogen-bond acceptors (Lipinski definition) is 6. The molecule has 1 aromatic heterocycles. The Bertz CT molecular complexity index is 1270. The lowest BCUT2D eigenvalue weighted by atomic mass is 10.2. The number of nitro benzene ring substituents is 1. The average Bonchev–Trinajstić information content (AvgIpc) is 3.27. The van der Waals surface area contributed by atoms with E-state index in [1.54, 1.807) is 12.1 Å². The molecule has 0 radical (unpaired) electrons. The molecule has 0 aliphatic heterocycles. The maximum Gasteiger partial charge on any atom is 0.270 e. The molecular formula is C24H17N3O4S. The zero-order chi connectivity index (χ0) is 22.3. The normalized spacial score (nSPS) is 10.8. The summed E-state index contributed by atoms with van der Waals surface area (Å²) in [6, 6.07) is 23.1. The summed E-state index contributed by atoms with van der Waals surface area (Å²) in [5, 5.41) is 15.9. The molecule has 1 N–H and O–H groups in total. The lowest BCUT2D eigenvalue weighted by Gasteiger charge is -2.05. The lowest BCUT2D eigenvalue weighted by molar-refractivity contribution is -0.384. The Morgan fingerprint density at radius 1 is 1.00 bits per heavy atom. The quantitative estimate of drug-likeness (QED) is 0.210. The third kappa shape index (κ3) is 5.44. The minimum absolute atomic E-state index is 0.0303. The smallest absolute Gasteiger partial charge is 0.270 e. The van der Waals surface area contributed by atoms with E-state index >= 15 is 0 Å². The Morgan fingerprint density at radius 3 is 2.50 bits per heavy atom. The molecule has 0 saturated carbocycles. The molecule has 0 aliphatic rings. The van der Waals surface area contributed by atoms with Crippen LogP contribution in [0.1, 0.15) is 5.56 Å². The number of benzene rings is 3. The highest BCUT2D eigenvalue weighted by atomic mass is 32.1. The number of thiazole rings is 1. The molecular weight excluding hydrogens is 426 g/mol. The number of rotatable bonds is 7. The number of hydrogen-bond donors (Lipinski definition) is 1. The molecule has 1 amide bonds. The van der Waals surface area contributed by atoms with Gasteiger partial charge in [0.15, 0.2) is 5.13 Å². The monoisotopic (exact) mass is 443 g/mol. The van der Waals surface area contributed by atoms with Gasteiger partial charge in [0.05, 0.1) is 10.6 Å². The van der Waals surface area contributed by atoms with Crippen LogP contribution in [0, 0.1) is 10.1 Å². The molecule has 0 saturated heterocycles. The number of para-hydroxylation sites is 1. The summed E-state index contributed by atoms with van der Waals surface area (Å²) in [6.45, 7) is 0. The van der Waals surface area contributed by atoms with Gasteiger partial charge in [0.25, 0.3) is 5.69 Å². The van der Waals surface area contributed by atoms with Gasteiger partial charge >= 0.3 is 0 Å². The molecule has 0 unspecified atom stereocenters. The molecule has 4 aromatic rings. The number of non-ortho nitro benzene ring substituents is 1. The predicted octanol–water partition coefficient (Wildman–Crippen LogP) is 6.16. The van der Waals surface area contributed by atoms with Crippen LogP contribution >= 0.6 is 11.3 Å². The molecule has 1 heterocycles. The van der Waals surface area contributed by atoms with Gasteiger partial charge in [-0.3, -0.25) is 20.2 Å². The van der Waals surface area contributed by atoms with Crippen molar-refractivity contribution in [2.45, 2.75) is 0 Å². The maximum absolute atomic E-state index is 12.2. The van der Waals surface area contributed by atoms with Gasteiger partial charge in [0.1, 0.15) is 11.5 Å². The van der Waals surface area contributed by atoms with E-state index in [2.05, 4.69) is 10.3 Å². The summed E-state index contributed by atoms with van der Waals surface area (Å²) in [5.74, 6) is 1.11. The van der Waals surface area contributed by atoms with Crippen molar-refractivity contribution in [3.63, 3.8) is 0 Å². The number of nitrogens with zero attached hydrogens (tertiary/aromatic N) is 2. The molecule has 32 heavy (non-hydrogen) atoms. The van der Waals surface area contributed by atoms with E-state index in [4.69, 9.17) is 4.74 Å². The highest BCUT2D eigenvalue weighted by Crippen LogP contribution is 2.28. The fourth-order valence-corrected chi connectivity index (χ4v) is 3.57. The molecule has 7 nitrogen and oxygen atoms in total. The van der Waals surface area contributed by atoms with E-state index in [1.807, 2.05) is 60.0 Å². The summed E-state index contributed by atoms with van der Waals surface area (Å²) in [4.78, 5) is 27.0. The number of amides is 1. The van der Waals surface area contributed by atoms with E-state index in [9.17, 15) is 14.9 Å². The van der Waals surface area contributed by atoms with Crippen molar-refractivity contribution in [3.8, 4) is 22.8 Å². The Morgan fingerprint density at radius 2 is 1.75 bits per heavy atom. The van der Waals surface area contributed by atoms with Crippen molar-refractivity contribution in [2.75, 3.05) is 5.32 Å². The largest absolute Gasteiger partial charge is 0.457 e. The number of carbonyl (C=O) groups is 1. The van der Waals surface area contributed by atoms with Gasteiger partial charge in [0, 0.05) is 29.2 Å². The van der Waals surface area contributed by atoms with Gasteiger partial charge in [-0.25, -0.2) is 4.98 Å². The van der Waals surface area contributed by atoms with Crippen LogP contribution in [0.2, 0.25) is 0 Å². The first-order chi connectivity index (χ1) is 15.6. The number of aromatic nitrogens is 1. The van der Waals surface area contributed by atoms with Gasteiger partial charge < -0.3 is 4.74 Å². The second kappa shape index (κ2) is 9.67. The average molecular weight is 443 g/mol. The van der Waals surface area contributed by atoms with E-state index in [0.29, 0.717) is 10.7 Å². The first-order valence-electron chi connectivity index (χ1n) is 9.59. The number of ether oxygens (including phenoxy) is 1. The maximum atomic E-state index is 12.2. The molecule has 4 rings (SSSR count). The van der Waals surface area contributed by atoms with Crippen molar-refractivity contribution in [2.24, 2.45) is 0 Å². The molecule has 0 fully saturated rings. The SMILES string of the molecule is O=C(C=Cc1cccc([N+](=O)[O-])c1)Nc1nc(-c2ccc(Oc3ccccc3)cc2)cs1. The Balaban J connectivity index is 1.37. The summed E-state index contributed by atoms with van der Waals surface area (Å²) >= 11 is 1.31. The van der Waals surface area contributed by atoms with Crippen LogP contribution in [-0.4, -0.2) is 15.8 Å². The Hall–Kier alpha value is -4.30. The topological polar surface area (TPSA) is 94.4 Å². The summed E-state index contributed by atoms with van der Waals surface area (Å²) in [7, 11) is 0. The van der Waals surface area contributed by atoms with Crippen molar-refractivity contribution >= 4 is 34.1 Å². The summed E-state index contributed by atoms with van der Waals surface area (Å²) in [5.41, 5.74) is 2.16. The van der Waals surface area contributed by atoms with Gasteiger partial charge in [-0.1, -0.05) is 30.3 Å². The summed E-state index contributed by atoms with van der Waals surface area (Å²) < 4.78 is 5.79. The predicted molar refractivity (Wildman–Crippen MR) is 125 cm³/mol. The molecule has 0 bridgehead atoms. The van der Waals surface area contributed by atoms with Crippen LogP contribution in [0.4, 0.5) is 10.8 Å². The second-order valence-corrected chi connectivity index (χ2v) is 7.51. The zero-order valence-electron chi connectivity index (χ0n) is 16.7. The minimum Gasteiger partial charge on any atom is -0.457 e. The first-order valence-corrected chi connectivity index (χ1v) is 10.5. The van der Waals surface area contributed by atoms with Gasteiger partial charge in [-0.2, -0.15) is 0 Å². The van der Waals surface area contributed by atoms with Crippen molar-refractivity contribution in [1.82, 2.24) is 4.98 Å². The second-order valence-electron chi connectivity index (χ2n) is 6.65. The van der Waals surface area contributed by atoms with Gasteiger partial charge in [-0.15, -0.1) is 11.3 Å². The van der Waals surface area contributed by atoms with Crippen LogP contribution in [0.3, 0.4) is 0 Å². The van der Waals surface area contributed by atoms with Gasteiger partial charge in [0.2, 0.25) is 5.91 Å². The van der Waals surface area contributed by atoms with Crippen LogP contribution in [0.25, 0.3) is 17.3 Å². The minimum atomic E-state index is -0.477. The van der Waals surface area contributed by atoms with E-state index in [1.165, 1.54) is 35.6 Å². The van der Waals surface area contributed by atoms with Crippen LogP contribution in [0.5, 0.6) is 11.5 Å². The third-order valence-electron chi connectivity index (χ3n) is 4.37. The highest BCUT2D eigenvalue weighted by molar-refractivity contribution is 7.14. The number of carbonyl (C=O) groups excluding carboxylic acids is 1. The van der Waals surface area contributed by atoms with E-state index in [0.717, 1.165) is 22.8 Å². The van der Waals surface area contributed by atoms with Crippen LogP contribution < -0.4 is 10.1 Å². The van der Waals surface area contributed by atoms with Crippen LogP contribution in [0.15, 0.2) is 90.3 Å².